The second kappa shape index (κ2) is 8.44. The number of halogens is 1. The van der Waals surface area contributed by atoms with Crippen molar-refractivity contribution in [1.29, 1.82) is 5.41 Å². The van der Waals surface area contributed by atoms with Crippen molar-refractivity contribution in [2.45, 2.75) is 61.5 Å². The molecule has 0 radical (unpaired) electrons. The van der Waals surface area contributed by atoms with E-state index in [2.05, 4.69) is 32.9 Å². The van der Waals surface area contributed by atoms with E-state index >= 15 is 0 Å². The molecule has 136 valence electrons. The summed E-state index contributed by atoms with van der Waals surface area (Å²) in [5.41, 5.74) is 15.0. The van der Waals surface area contributed by atoms with Gasteiger partial charge in [0.1, 0.15) is 0 Å². The van der Waals surface area contributed by atoms with E-state index in [-0.39, 0.29) is 0 Å². The average molecular weight is 454 g/mol. The van der Waals surface area contributed by atoms with E-state index in [1.165, 1.54) is 19.0 Å². The molecular weight excluding hydrogens is 427 g/mol. The van der Waals surface area contributed by atoms with Gasteiger partial charge in [0.05, 0.1) is 5.69 Å². The van der Waals surface area contributed by atoms with Crippen LogP contribution >= 0.6 is 22.6 Å². The monoisotopic (exact) mass is 454 g/mol. The zero-order chi connectivity index (χ0) is 17.8. The third-order valence-electron chi connectivity index (χ3n) is 5.05. The van der Waals surface area contributed by atoms with Crippen LogP contribution in [0.15, 0.2) is 12.4 Å². The summed E-state index contributed by atoms with van der Waals surface area (Å²) in [5.74, 6) is 1.28. The predicted molar refractivity (Wildman–Crippen MR) is 111 cm³/mol. The maximum absolute atomic E-state index is 8.43. The Balaban J connectivity index is 1.77. The van der Waals surface area contributed by atoms with Gasteiger partial charge in [-0.2, -0.15) is 0 Å². The van der Waals surface area contributed by atoms with Gasteiger partial charge < -0.3 is 22.2 Å². The molecule has 0 aromatic carbocycles. The summed E-state index contributed by atoms with van der Waals surface area (Å²) in [6.07, 6.45) is 10.8. The van der Waals surface area contributed by atoms with Gasteiger partial charge in [-0.1, -0.05) is 22.6 Å². The van der Waals surface area contributed by atoms with E-state index in [4.69, 9.17) is 21.9 Å². The van der Waals surface area contributed by atoms with E-state index in [0.717, 1.165) is 53.4 Å². The summed E-state index contributed by atoms with van der Waals surface area (Å²) in [7, 11) is 0. The largest absolute Gasteiger partial charge is 0.404 e. The minimum absolute atomic E-state index is 0.325. The van der Waals surface area contributed by atoms with E-state index in [9.17, 15) is 0 Å². The summed E-state index contributed by atoms with van der Waals surface area (Å²) in [4.78, 5) is 9.21. The minimum atomic E-state index is 0.325. The molecule has 0 amide bonds. The highest BCUT2D eigenvalue weighted by molar-refractivity contribution is 14.1. The van der Waals surface area contributed by atoms with Gasteiger partial charge in [-0.25, -0.2) is 9.97 Å². The normalized spacial score (nSPS) is 24.2. The summed E-state index contributed by atoms with van der Waals surface area (Å²) in [6.45, 7) is 0. The Kier molecular flexibility index (Phi) is 6.27. The van der Waals surface area contributed by atoms with Crippen LogP contribution in [0.5, 0.6) is 0 Å². The molecule has 3 rings (SSSR count). The molecule has 0 bridgehead atoms. The fourth-order valence-corrected chi connectivity index (χ4v) is 3.85. The Labute approximate surface area is 162 Å². The smallest absolute Gasteiger partial charge is 0.223 e. The number of nitrogens with zero attached hydrogens (tertiary/aromatic N) is 2. The van der Waals surface area contributed by atoms with Gasteiger partial charge in [0.15, 0.2) is 0 Å². The molecule has 1 aromatic heterocycles. The molecule has 6 nitrogen and oxygen atoms in total. The molecule has 25 heavy (non-hydrogen) atoms. The lowest BCUT2D eigenvalue weighted by atomic mass is 9.92. The fourth-order valence-electron chi connectivity index (χ4n) is 3.30. The molecule has 1 heterocycles. The zero-order valence-electron chi connectivity index (χ0n) is 14.5. The second-order valence-corrected chi connectivity index (χ2v) is 7.93. The van der Waals surface area contributed by atoms with Crippen molar-refractivity contribution in [2.75, 3.05) is 5.32 Å². The van der Waals surface area contributed by atoms with Crippen LogP contribution in [0.2, 0.25) is 0 Å². The van der Waals surface area contributed by atoms with Crippen LogP contribution in [0.25, 0.3) is 5.57 Å². The van der Waals surface area contributed by atoms with E-state index < -0.39 is 0 Å². The number of hydrogen-bond acceptors (Lipinski definition) is 6. The lowest BCUT2D eigenvalue weighted by Crippen LogP contribution is -2.33. The maximum Gasteiger partial charge on any atom is 0.223 e. The molecule has 0 spiro atoms. The topological polar surface area (TPSA) is 114 Å². The third kappa shape index (κ3) is 4.91. The molecule has 2 saturated carbocycles. The Bertz CT molecular complexity index is 647. The van der Waals surface area contributed by atoms with Crippen LogP contribution in [-0.4, -0.2) is 27.8 Å². The molecular formula is C18H27IN6. The van der Waals surface area contributed by atoms with Gasteiger partial charge in [0.2, 0.25) is 5.95 Å². The SMILES string of the molecule is N=C(CC1CC1)C(=CN)c1nc(NC2CCC(N)CC2)ncc1CI. The Morgan fingerprint density at radius 3 is 2.60 bits per heavy atom. The van der Waals surface area contributed by atoms with Crippen molar-refractivity contribution < 1.29 is 0 Å². The van der Waals surface area contributed by atoms with Gasteiger partial charge in [0.25, 0.3) is 0 Å². The van der Waals surface area contributed by atoms with Crippen molar-refractivity contribution in [1.82, 2.24) is 9.97 Å². The highest BCUT2D eigenvalue weighted by Crippen LogP contribution is 2.35. The first-order chi connectivity index (χ1) is 12.1. The lowest BCUT2D eigenvalue weighted by molar-refractivity contribution is 0.410. The Morgan fingerprint density at radius 1 is 1.28 bits per heavy atom. The van der Waals surface area contributed by atoms with Crippen molar-refractivity contribution in [3.8, 4) is 0 Å². The first kappa shape index (κ1) is 18.6. The first-order valence-electron chi connectivity index (χ1n) is 9.04. The molecule has 2 aliphatic rings. The number of hydrogen-bond donors (Lipinski definition) is 4. The molecule has 6 N–H and O–H groups in total. The van der Waals surface area contributed by atoms with Crippen molar-refractivity contribution in [3.05, 3.63) is 23.7 Å². The number of aromatic nitrogens is 2. The molecule has 7 heteroatoms. The molecule has 2 aliphatic carbocycles. The molecule has 1 aromatic rings. The summed E-state index contributed by atoms with van der Waals surface area (Å²) >= 11 is 2.31. The van der Waals surface area contributed by atoms with Gasteiger partial charge in [-0.05, 0) is 50.9 Å². The van der Waals surface area contributed by atoms with Crippen LogP contribution in [0, 0.1) is 11.3 Å². The Morgan fingerprint density at radius 2 is 2.00 bits per heavy atom. The average Bonchev–Trinajstić information content (AvgIpc) is 3.42. The number of alkyl halides is 1. The maximum atomic E-state index is 8.43. The molecule has 2 fully saturated rings. The van der Waals surface area contributed by atoms with Crippen molar-refractivity contribution in [3.63, 3.8) is 0 Å². The molecule has 0 atom stereocenters. The quantitative estimate of drug-likeness (QED) is 0.287. The standard InChI is InChI=1S/C18H27IN6/c19-8-12-10-23-18(24-14-5-3-13(21)4-6-14)25-17(12)15(9-20)16(22)7-11-1-2-11/h9-11,13-14,22H,1-8,20-21H2,(H,23,24,25). The summed E-state index contributed by atoms with van der Waals surface area (Å²) in [6, 6.07) is 0.694. The summed E-state index contributed by atoms with van der Waals surface area (Å²) < 4.78 is 0.791. The molecule has 0 saturated heterocycles. The highest BCUT2D eigenvalue weighted by atomic mass is 127. The van der Waals surface area contributed by atoms with Gasteiger partial charge in [0, 0.05) is 45.8 Å². The number of rotatable bonds is 7. The summed E-state index contributed by atoms with van der Waals surface area (Å²) in [5, 5.41) is 11.9. The van der Waals surface area contributed by atoms with Gasteiger partial charge in [-0.15, -0.1) is 0 Å². The lowest BCUT2D eigenvalue weighted by Gasteiger charge is -2.27. The number of allylic oxidation sites excluding steroid dienone is 1. The molecule has 0 unspecified atom stereocenters. The number of nitrogens with one attached hydrogen (secondary N) is 2. The highest BCUT2D eigenvalue weighted by Gasteiger charge is 2.26. The van der Waals surface area contributed by atoms with Crippen LogP contribution < -0.4 is 16.8 Å². The van der Waals surface area contributed by atoms with E-state index in [1.54, 1.807) is 0 Å². The number of nitrogens with two attached hydrogens (primary N) is 2. The van der Waals surface area contributed by atoms with Crippen LogP contribution in [0.4, 0.5) is 5.95 Å². The Hall–Kier alpha value is -1.22. The minimum Gasteiger partial charge on any atom is -0.404 e. The van der Waals surface area contributed by atoms with Crippen LogP contribution in [0.1, 0.15) is 56.2 Å². The van der Waals surface area contributed by atoms with E-state index in [1.807, 2.05) is 6.20 Å². The first-order valence-corrected chi connectivity index (χ1v) is 10.6. The second-order valence-electron chi connectivity index (χ2n) is 7.16. The van der Waals surface area contributed by atoms with Gasteiger partial charge >= 0.3 is 0 Å². The molecule has 0 aliphatic heterocycles. The van der Waals surface area contributed by atoms with Gasteiger partial charge in [-0.3, -0.25) is 0 Å². The van der Waals surface area contributed by atoms with Crippen LogP contribution in [0.3, 0.4) is 0 Å². The third-order valence-corrected chi connectivity index (χ3v) is 5.87. The fraction of sp³-hybridized carbons (Fsp3) is 0.611. The zero-order valence-corrected chi connectivity index (χ0v) is 16.6. The van der Waals surface area contributed by atoms with Crippen molar-refractivity contribution >= 4 is 39.8 Å². The number of anilines is 1. The predicted octanol–water partition coefficient (Wildman–Crippen LogP) is 3.21. The van der Waals surface area contributed by atoms with Crippen molar-refractivity contribution in [2.24, 2.45) is 17.4 Å². The van der Waals surface area contributed by atoms with Crippen LogP contribution in [-0.2, 0) is 4.43 Å². The van der Waals surface area contributed by atoms with E-state index in [0.29, 0.717) is 29.7 Å².